The molecule has 3 fully saturated rings. The van der Waals surface area contributed by atoms with Gasteiger partial charge in [-0.25, -0.2) is 4.39 Å². The first-order chi connectivity index (χ1) is 6.56. The van der Waals surface area contributed by atoms with Crippen LogP contribution in [0.5, 0.6) is 0 Å². The van der Waals surface area contributed by atoms with Crippen LogP contribution in [0.3, 0.4) is 0 Å². The first-order valence-electron chi connectivity index (χ1n) is 5.47. The molecule has 0 radical (unpaired) electrons. The van der Waals surface area contributed by atoms with Gasteiger partial charge in [0.05, 0.1) is 5.54 Å². The van der Waals surface area contributed by atoms with Gasteiger partial charge in [-0.15, -0.1) is 0 Å². The van der Waals surface area contributed by atoms with Gasteiger partial charge in [-0.1, -0.05) is 0 Å². The van der Waals surface area contributed by atoms with E-state index in [1.807, 2.05) is 0 Å². The number of alkyl halides is 1. The average molecular weight is 197 g/mol. The predicted molar refractivity (Wildman–Crippen MR) is 50.8 cm³/mol. The SMILES string of the molecule is CC(=O)C12CC(F)CN1CC1(CC1)C2. The normalized spacial score (nSPS) is 44.3. The van der Waals surface area contributed by atoms with Crippen LogP contribution >= 0.6 is 0 Å². The summed E-state index contributed by atoms with van der Waals surface area (Å²) >= 11 is 0. The lowest BCUT2D eigenvalue weighted by Crippen LogP contribution is -2.44. The zero-order valence-electron chi connectivity index (χ0n) is 8.55. The monoisotopic (exact) mass is 197 g/mol. The van der Waals surface area contributed by atoms with Gasteiger partial charge in [0.15, 0.2) is 0 Å². The summed E-state index contributed by atoms with van der Waals surface area (Å²) in [6.45, 7) is 3.08. The van der Waals surface area contributed by atoms with E-state index in [1.54, 1.807) is 6.92 Å². The van der Waals surface area contributed by atoms with E-state index in [4.69, 9.17) is 0 Å². The summed E-state index contributed by atoms with van der Waals surface area (Å²) in [7, 11) is 0. The Labute approximate surface area is 83.5 Å². The van der Waals surface area contributed by atoms with Gasteiger partial charge < -0.3 is 0 Å². The number of hydrogen-bond acceptors (Lipinski definition) is 2. The molecule has 14 heavy (non-hydrogen) atoms. The molecule has 3 heteroatoms. The maximum absolute atomic E-state index is 13.3. The second-order valence-corrected chi connectivity index (χ2v) is 5.45. The van der Waals surface area contributed by atoms with Crippen LogP contribution in [-0.2, 0) is 4.79 Å². The van der Waals surface area contributed by atoms with E-state index in [-0.39, 0.29) is 5.78 Å². The third kappa shape index (κ3) is 0.964. The average Bonchev–Trinajstić information content (AvgIpc) is 2.62. The molecule has 3 rings (SSSR count). The Morgan fingerprint density at radius 2 is 2.21 bits per heavy atom. The summed E-state index contributed by atoms with van der Waals surface area (Å²) < 4.78 is 13.3. The third-order valence-corrected chi connectivity index (χ3v) is 4.39. The molecule has 2 nitrogen and oxygen atoms in total. The van der Waals surface area contributed by atoms with Crippen molar-refractivity contribution in [1.82, 2.24) is 4.90 Å². The standard InChI is InChI=1S/C11H16FNO/c1-8(14)11-4-9(12)5-13(11)7-10(6-11)2-3-10/h9H,2-7H2,1H3. The highest BCUT2D eigenvalue weighted by Crippen LogP contribution is 2.60. The molecule has 0 N–H and O–H groups in total. The Balaban J connectivity index is 1.94. The zero-order valence-corrected chi connectivity index (χ0v) is 8.55. The number of fused-ring (bicyclic) bond motifs is 1. The van der Waals surface area contributed by atoms with E-state index in [2.05, 4.69) is 4.90 Å². The van der Waals surface area contributed by atoms with Crippen molar-refractivity contribution < 1.29 is 9.18 Å². The van der Waals surface area contributed by atoms with Gasteiger partial charge in [-0.05, 0) is 31.6 Å². The van der Waals surface area contributed by atoms with Crippen LogP contribution in [0.15, 0.2) is 0 Å². The Bertz CT molecular complexity index is 300. The van der Waals surface area contributed by atoms with Gasteiger partial charge in [-0.3, -0.25) is 9.69 Å². The van der Waals surface area contributed by atoms with E-state index in [0.29, 0.717) is 18.4 Å². The van der Waals surface area contributed by atoms with Crippen LogP contribution in [0.1, 0.15) is 32.6 Å². The van der Waals surface area contributed by atoms with Gasteiger partial charge in [0.1, 0.15) is 12.0 Å². The van der Waals surface area contributed by atoms with E-state index < -0.39 is 11.7 Å². The molecule has 2 heterocycles. The number of Topliss-reactive ketones (excluding diaryl/α,β-unsaturated/α-hetero) is 1. The van der Waals surface area contributed by atoms with E-state index in [1.165, 1.54) is 12.8 Å². The molecule has 0 aromatic carbocycles. The highest BCUT2D eigenvalue weighted by molar-refractivity contribution is 5.87. The molecule has 2 unspecified atom stereocenters. The molecular formula is C11H16FNO. The molecule has 2 aliphatic heterocycles. The zero-order chi connectivity index (χ0) is 9.97. The lowest BCUT2D eigenvalue weighted by molar-refractivity contribution is -0.126. The minimum atomic E-state index is -0.782. The Morgan fingerprint density at radius 3 is 2.71 bits per heavy atom. The molecule has 1 aliphatic carbocycles. The number of carbonyl (C=O) groups is 1. The molecule has 0 bridgehead atoms. The number of halogens is 1. The van der Waals surface area contributed by atoms with Crippen LogP contribution in [0.25, 0.3) is 0 Å². The maximum Gasteiger partial charge on any atom is 0.150 e. The quantitative estimate of drug-likeness (QED) is 0.635. The van der Waals surface area contributed by atoms with Crippen molar-refractivity contribution in [2.45, 2.75) is 44.3 Å². The number of ketones is 1. The second kappa shape index (κ2) is 2.38. The van der Waals surface area contributed by atoms with Gasteiger partial charge in [-0.2, -0.15) is 0 Å². The smallest absolute Gasteiger partial charge is 0.150 e. The van der Waals surface area contributed by atoms with Crippen molar-refractivity contribution in [3.8, 4) is 0 Å². The van der Waals surface area contributed by atoms with Crippen LogP contribution < -0.4 is 0 Å². The third-order valence-electron chi connectivity index (χ3n) is 4.39. The van der Waals surface area contributed by atoms with Crippen molar-refractivity contribution in [3.63, 3.8) is 0 Å². The fourth-order valence-electron chi connectivity index (χ4n) is 3.46. The number of carbonyl (C=O) groups excluding carboxylic acids is 1. The molecule has 0 aromatic rings. The molecule has 0 aromatic heterocycles. The Morgan fingerprint density at radius 1 is 1.50 bits per heavy atom. The van der Waals surface area contributed by atoms with Crippen molar-refractivity contribution >= 4 is 5.78 Å². The van der Waals surface area contributed by atoms with Crippen LogP contribution in [0, 0.1) is 5.41 Å². The molecule has 2 atom stereocenters. The fraction of sp³-hybridized carbons (Fsp3) is 0.909. The predicted octanol–water partition coefficient (Wildman–Crippen LogP) is 1.54. The highest BCUT2D eigenvalue weighted by atomic mass is 19.1. The van der Waals surface area contributed by atoms with Crippen LogP contribution in [0.4, 0.5) is 4.39 Å². The second-order valence-electron chi connectivity index (χ2n) is 5.45. The van der Waals surface area contributed by atoms with Gasteiger partial charge in [0, 0.05) is 19.5 Å². The van der Waals surface area contributed by atoms with Crippen molar-refractivity contribution in [3.05, 3.63) is 0 Å². The molecule has 78 valence electrons. The maximum atomic E-state index is 13.3. The number of nitrogens with zero attached hydrogens (tertiary/aromatic N) is 1. The number of rotatable bonds is 1. The molecule has 3 aliphatic rings. The van der Waals surface area contributed by atoms with Crippen molar-refractivity contribution in [1.29, 1.82) is 0 Å². The summed E-state index contributed by atoms with van der Waals surface area (Å²) in [4.78, 5) is 13.8. The van der Waals surface area contributed by atoms with E-state index >= 15 is 0 Å². The molecule has 1 saturated carbocycles. The molecule has 0 amide bonds. The Kier molecular flexibility index (Phi) is 1.50. The summed E-state index contributed by atoms with van der Waals surface area (Å²) in [5.74, 6) is 0.182. The summed E-state index contributed by atoms with van der Waals surface area (Å²) in [6.07, 6.45) is 3.08. The highest BCUT2D eigenvalue weighted by Gasteiger charge is 2.63. The van der Waals surface area contributed by atoms with Gasteiger partial charge >= 0.3 is 0 Å². The summed E-state index contributed by atoms with van der Waals surface area (Å²) in [5, 5.41) is 0. The van der Waals surface area contributed by atoms with Gasteiger partial charge in [0.25, 0.3) is 0 Å². The lowest BCUT2D eigenvalue weighted by Gasteiger charge is -2.28. The first-order valence-corrected chi connectivity index (χ1v) is 5.47. The van der Waals surface area contributed by atoms with Crippen molar-refractivity contribution in [2.24, 2.45) is 5.41 Å². The lowest BCUT2D eigenvalue weighted by atomic mass is 9.85. The molecule has 1 spiro atoms. The molecular weight excluding hydrogens is 181 g/mol. The first kappa shape index (κ1) is 8.84. The minimum Gasteiger partial charge on any atom is -0.298 e. The van der Waals surface area contributed by atoms with E-state index in [0.717, 1.165) is 13.0 Å². The van der Waals surface area contributed by atoms with Gasteiger partial charge in [0.2, 0.25) is 0 Å². The van der Waals surface area contributed by atoms with E-state index in [9.17, 15) is 9.18 Å². The largest absolute Gasteiger partial charge is 0.298 e. The topological polar surface area (TPSA) is 20.3 Å². The van der Waals surface area contributed by atoms with Crippen LogP contribution in [-0.4, -0.2) is 35.5 Å². The summed E-state index contributed by atoms with van der Waals surface area (Å²) in [5.41, 5.74) is 0.00171. The fourth-order valence-corrected chi connectivity index (χ4v) is 3.46. The summed E-state index contributed by atoms with van der Waals surface area (Å²) in [6, 6.07) is 0. The van der Waals surface area contributed by atoms with Crippen LogP contribution in [0.2, 0.25) is 0 Å². The number of hydrogen-bond donors (Lipinski definition) is 0. The minimum absolute atomic E-state index is 0.182. The molecule has 2 saturated heterocycles. The Hall–Kier alpha value is -0.440. The van der Waals surface area contributed by atoms with Crippen molar-refractivity contribution in [2.75, 3.05) is 13.1 Å².